The molecule has 0 radical (unpaired) electrons. The van der Waals surface area contributed by atoms with E-state index in [1.165, 1.54) is 12.1 Å². The van der Waals surface area contributed by atoms with Crippen LogP contribution in [0.1, 0.15) is 53.7 Å². The second kappa shape index (κ2) is 8.83. The maximum atomic E-state index is 14.6. The molecule has 0 saturated carbocycles. The Labute approximate surface area is 235 Å². The average molecular weight is 548 g/mol. The van der Waals surface area contributed by atoms with E-state index >= 15 is 0 Å². The van der Waals surface area contributed by atoms with Gasteiger partial charge in [-0.1, -0.05) is 71.8 Å². The van der Waals surface area contributed by atoms with E-state index in [-0.39, 0.29) is 17.3 Å². The number of ketones is 3. The Bertz CT molecular complexity index is 1720. The SMILES string of the molecule is Cc1ccc2c(c1)C=CC1N2[C@H](C(=O)c2ccc(Cl)cc2)[C@@H](c2ccc(F)cc2)C12C(=O)c1ccccc1C2=O. The van der Waals surface area contributed by atoms with Crippen LogP contribution in [0.3, 0.4) is 0 Å². The van der Waals surface area contributed by atoms with Crippen LogP contribution in [0.15, 0.2) is 97.1 Å². The van der Waals surface area contributed by atoms with Crippen molar-refractivity contribution in [3.05, 3.63) is 141 Å². The third-order valence-corrected chi connectivity index (χ3v) is 8.84. The lowest BCUT2D eigenvalue weighted by Crippen LogP contribution is -2.48. The molecule has 1 aliphatic carbocycles. The van der Waals surface area contributed by atoms with E-state index in [0.717, 1.165) is 16.8 Å². The predicted octanol–water partition coefficient (Wildman–Crippen LogP) is 7.10. The van der Waals surface area contributed by atoms with E-state index in [1.807, 2.05) is 42.2 Å². The number of anilines is 1. The molecule has 2 aliphatic heterocycles. The van der Waals surface area contributed by atoms with E-state index in [2.05, 4.69) is 0 Å². The predicted molar refractivity (Wildman–Crippen MR) is 153 cm³/mol. The van der Waals surface area contributed by atoms with Crippen molar-refractivity contribution in [2.75, 3.05) is 4.90 Å². The summed E-state index contributed by atoms with van der Waals surface area (Å²) in [6.07, 6.45) is 3.82. The van der Waals surface area contributed by atoms with Crippen LogP contribution < -0.4 is 4.90 Å². The van der Waals surface area contributed by atoms with Crippen molar-refractivity contribution in [3.63, 3.8) is 0 Å². The number of aryl methyl sites for hydroxylation is 1. The van der Waals surface area contributed by atoms with E-state index in [1.54, 1.807) is 60.7 Å². The molecule has 4 aromatic rings. The fourth-order valence-electron chi connectivity index (χ4n) is 6.92. The highest BCUT2D eigenvalue weighted by molar-refractivity contribution is 6.32. The normalized spacial score (nSPS) is 21.9. The molecule has 4 aromatic carbocycles. The van der Waals surface area contributed by atoms with Gasteiger partial charge in [0.1, 0.15) is 17.3 Å². The van der Waals surface area contributed by atoms with Crippen molar-refractivity contribution in [1.29, 1.82) is 0 Å². The Morgan fingerprint density at radius 2 is 1.52 bits per heavy atom. The summed E-state index contributed by atoms with van der Waals surface area (Å²) in [5.41, 5.74) is 2.77. The number of fused-ring (bicyclic) bond motifs is 5. The summed E-state index contributed by atoms with van der Waals surface area (Å²) in [5.74, 6) is -2.20. The lowest BCUT2D eigenvalue weighted by Gasteiger charge is -2.37. The van der Waals surface area contributed by atoms with Crippen molar-refractivity contribution in [1.82, 2.24) is 0 Å². The van der Waals surface area contributed by atoms with Gasteiger partial charge < -0.3 is 4.90 Å². The smallest absolute Gasteiger partial charge is 0.185 e. The molecule has 6 heteroatoms. The Hall–Kier alpha value is -4.35. The zero-order valence-corrected chi connectivity index (χ0v) is 22.2. The van der Waals surface area contributed by atoms with Crippen LogP contribution in [0.4, 0.5) is 10.1 Å². The number of hydrogen-bond acceptors (Lipinski definition) is 4. The Balaban J connectivity index is 1.54. The van der Waals surface area contributed by atoms with Gasteiger partial charge in [-0.05, 0) is 66.6 Å². The Kier molecular flexibility index (Phi) is 5.45. The second-order valence-corrected chi connectivity index (χ2v) is 11.1. The van der Waals surface area contributed by atoms with Gasteiger partial charge >= 0.3 is 0 Å². The van der Waals surface area contributed by atoms with E-state index in [0.29, 0.717) is 27.3 Å². The number of hydrogen-bond donors (Lipinski definition) is 0. The first-order valence-electron chi connectivity index (χ1n) is 13.1. The molecule has 3 atom stereocenters. The zero-order chi connectivity index (χ0) is 27.8. The molecule has 40 heavy (non-hydrogen) atoms. The van der Waals surface area contributed by atoms with Gasteiger partial charge in [0.2, 0.25) is 0 Å². The molecule has 0 aromatic heterocycles. The second-order valence-electron chi connectivity index (χ2n) is 10.7. The number of benzene rings is 4. The fourth-order valence-corrected chi connectivity index (χ4v) is 7.05. The number of Topliss-reactive ketones (excluding diaryl/α,β-unsaturated/α-hetero) is 3. The molecule has 1 saturated heterocycles. The number of carbonyl (C=O) groups excluding carboxylic acids is 3. The minimum Gasteiger partial charge on any atom is -0.352 e. The monoisotopic (exact) mass is 547 g/mol. The summed E-state index contributed by atoms with van der Waals surface area (Å²) in [5, 5.41) is 0.491. The van der Waals surface area contributed by atoms with Crippen LogP contribution in [0, 0.1) is 18.2 Å². The third kappa shape index (κ3) is 3.28. The van der Waals surface area contributed by atoms with Crippen LogP contribution in [0.2, 0.25) is 5.02 Å². The molecule has 196 valence electrons. The maximum Gasteiger partial charge on any atom is 0.185 e. The van der Waals surface area contributed by atoms with Crippen LogP contribution in [-0.4, -0.2) is 29.4 Å². The van der Waals surface area contributed by atoms with E-state index in [4.69, 9.17) is 11.6 Å². The molecule has 1 unspecified atom stereocenters. The fraction of sp³-hybridized carbons (Fsp3) is 0.147. The summed E-state index contributed by atoms with van der Waals surface area (Å²) >= 11 is 6.14. The number of rotatable bonds is 3. The zero-order valence-electron chi connectivity index (χ0n) is 21.5. The number of carbonyl (C=O) groups is 3. The molecule has 1 spiro atoms. The first-order valence-corrected chi connectivity index (χ1v) is 13.5. The van der Waals surface area contributed by atoms with E-state index < -0.39 is 29.2 Å². The molecule has 0 amide bonds. The van der Waals surface area contributed by atoms with Crippen molar-refractivity contribution in [2.24, 2.45) is 5.41 Å². The first kappa shape index (κ1) is 24.7. The van der Waals surface area contributed by atoms with Crippen LogP contribution in [-0.2, 0) is 0 Å². The molecule has 0 N–H and O–H groups in total. The highest BCUT2D eigenvalue weighted by Gasteiger charge is 2.71. The van der Waals surface area contributed by atoms with Crippen molar-refractivity contribution < 1.29 is 18.8 Å². The molecule has 7 rings (SSSR count). The van der Waals surface area contributed by atoms with E-state index in [9.17, 15) is 18.8 Å². The molecule has 4 nitrogen and oxygen atoms in total. The molecule has 3 aliphatic rings. The van der Waals surface area contributed by atoms with Gasteiger partial charge in [-0.15, -0.1) is 0 Å². The van der Waals surface area contributed by atoms with Gasteiger partial charge in [0.05, 0.1) is 6.04 Å². The topological polar surface area (TPSA) is 54.5 Å². The molecule has 1 fully saturated rings. The number of nitrogens with zero attached hydrogens (tertiary/aromatic N) is 1. The molecule has 2 heterocycles. The standard InChI is InChI=1S/C34H23ClFNO3/c1-19-6-16-27-22(18-19)11-17-28-34(32(39)25-4-2-3-5-26(25)33(34)40)29(20-9-14-24(36)15-10-20)30(37(27)28)31(38)21-7-12-23(35)13-8-21/h2-18,28-30H,1H3/t28?,29-,30+/m1/s1. The van der Waals surface area contributed by atoms with Gasteiger partial charge in [0.25, 0.3) is 0 Å². The average Bonchev–Trinajstić information content (AvgIpc) is 3.39. The largest absolute Gasteiger partial charge is 0.352 e. The van der Waals surface area contributed by atoms with Gasteiger partial charge in [-0.25, -0.2) is 4.39 Å². The summed E-state index contributed by atoms with van der Waals surface area (Å²) in [7, 11) is 0. The Morgan fingerprint density at radius 3 is 2.17 bits per heavy atom. The Morgan fingerprint density at radius 1 is 0.875 bits per heavy atom. The summed E-state index contributed by atoms with van der Waals surface area (Å²) in [6, 6.07) is 23.5. The quantitative estimate of drug-likeness (QED) is 0.203. The van der Waals surface area contributed by atoms with Crippen molar-refractivity contribution in [3.8, 4) is 0 Å². The lowest BCUT2D eigenvalue weighted by molar-refractivity contribution is 0.0666. The van der Waals surface area contributed by atoms with Crippen LogP contribution in [0.25, 0.3) is 6.08 Å². The summed E-state index contributed by atoms with van der Waals surface area (Å²) < 4.78 is 14.2. The van der Waals surface area contributed by atoms with Gasteiger partial charge in [-0.2, -0.15) is 0 Å². The van der Waals surface area contributed by atoms with Crippen LogP contribution >= 0.6 is 11.6 Å². The highest BCUT2D eigenvalue weighted by atomic mass is 35.5. The lowest BCUT2D eigenvalue weighted by atomic mass is 9.64. The van der Waals surface area contributed by atoms with Crippen molar-refractivity contribution >= 4 is 40.7 Å². The van der Waals surface area contributed by atoms with Gasteiger partial charge in [0.15, 0.2) is 17.3 Å². The number of halogens is 2. The van der Waals surface area contributed by atoms with Crippen molar-refractivity contribution in [2.45, 2.75) is 24.9 Å². The maximum absolute atomic E-state index is 14.6. The molecular formula is C34H23ClFNO3. The summed E-state index contributed by atoms with van der Waals surface area (Å²) in [6.45, 7) is 1.99. The highest BCUT2D eigenvalue weighted by Crippen LogP contribution is 2.61. The van der Waals surface area contributed by atoms with Crippen LogP contribution in [0.5, 0.6) is 0 Å². The third-order valence-electron chi connectivity index (χ3n) is 8.59. The molecular weight excluding hydrogens is 525 g/mol. The van der Waals surface area contributed by atoms with Gasteiger partial charge in [0, 0.05) is 33.3 Å². The van der Waals surface area contributed by atoms with Gasteiger partial charge in [-0.3, -0.25) is 14.4 Å². The summed E-state index contributed by atoms with van der Waals surface area (Å²) in [4.78, 5) is 45.6. The molecule has 0 bridgehead atoms. The minimum atomic E-state index is -1.62. The first-order chi connectivity index (χ1) is 19.3. The minimum absolute atomic E-state index is 0.244.